The summed E-state index contributed by atoms with van der Waals surface area (Å²) in [5, 5.41) is 11.3. The molecule has 3 fully saturated rings. The molecular weight excluding hydrogens is 276 g/mol. The number of halogens is 1. The summed E-state index contributed by atoms with van der Waals surface area (Å²) in [6.45, 7) is 2.81. The minimum absolute atomic E-state index is 0.0673. The van der Waals surface area contributed by atoms with Crippen molar-refractivity contribution in [2.24, 2.45) is 17.8 Å². The molecule has 2 aliphatic carbocycles. The molecule has 0 bridgehead atoms. The monoisotopic (exact) mass is 294 g/mol. The maximum atomic E-state index is 12.5. The molecule has 6 heteroatoms. The molecule has 0 aromatic carbocycles. The molecule has 1 aromatic rings. The summed E-state index contributed by atoms with van der Waals surface area (Å²) in [4.78, 5) is 12.5. The predicted octanol–water partition coefficient (Wildman–Crippen LogP) is 1.33. The van der Waals surface area contributed by atoms with E-state index in [2.05, 4.69) is 15.7 Å². The van der Waals surface area contributed by atoms with Gasteiger partial charge in [-0.2, -0.15) is 5.10 Å². The van der Waals surface area contributed by atoms with Gasteiger partial charge in [-0.3, -0.25) is 4.79 Å². The number of rotatable bonds is 4. The van der Waals surface area contributed by atoms with Crippen LogP contribution in [-0.4, -0.2) is 28.9 Å². The molecule has 3 aliphatic rings. The number of hydrogen-bond acceptors (Lipinski definition) is 4. The fourth-order valence-electron chi connectivity index (χ4n) is 3.45. The van der Waals surface area contributed by atoms with Crippen LogP contribution in [0.4, 0.5) is 5.69 Å². The minimum atomic E-state index is -0.0673. The molecule has 1 aromatic heterocycles. The first kappa shape index (κ1) is 12.7. The molecule has 5 nitrogen and oxygen atoms in total. The van der Waals surface area contributed by atoms with Crippen LogP contribution in [0.15, 0.2) is 11.0 Å². The van der Waals surface area contributed by atoms with Crippen molar-refractivity contribution < 1.29 is 0 Å². The zero-order chi connectivity index (χ0) is 13.7. The second-order valence-electron chi connectivity index (χ2n) is 6.31. The zero-order valence-corrected chi connectivity index (χ0v) is 12.1. The molecule has 0 radical (unpaired) electrons. The van der Waals surface area contributed by atoms with Gasteiger partial charge >= 0.3 is 0 Å². The second kappa shape index (κ2) is 4.74. The maximum absolute atomic E-state index is 12.5. The Morgan fingerprint density at radius 1 is 1.40 bits per heavy atom. The molecule has 1 aliphatic heterocycles. The highest BCUT2D eigenvalue weighted by Gasteiger charge is 2.53. The number of anilines is 1. The molecule has 0 amide bonds. The lowest BCUT2D eigenvalue weighted by Crippen LogP contribution is -2.32. The van der Waals surface area contributed by atoms with E-state index in [0.717, 1.165) is 19.6 Å². The average molecular weight is 295 g/mol. The van der Waals surface area contributed by atoms with Crippen LogP contribution < -0.4 is 16.2 Å². The highest BCUT2D eigenvalue weighted by atomic mass is 35.5. The van der Waals surface area contributed by atoms with E-state index in [1.165, 1.54) is 19.3 Å². The van der Waals surface area contributed by atoms with E-state index in [-0.39, 0.29) is 5.56 Å². The lowest BCUT2D eigenvalue weighted by atomic mass is 9.85. The van der Waals surface area contributed by atoms with Crippen molar-refractivity contribution in [3.63, 3.8) is 0 Å². The summed E-state index contributed by atoms with van der Waals surface area (Å²) >= 11 is 6.16. The number of nitrogens with one attached hydrogen (secondary N) is 2. The Hall–Kier alpha value is -1.07. The average Bonchev–Trinajstić information content (AvgIpc) is 2.82. The molecule has 2 unspecified atom stereocenters. The summed E-state index contributed by atoms with van der Waals surface area (Å²) in [7, 11) is 0. The highest BCUT2D eigenvalue weighted by Crippen LogP contribution is 2.43. The van der Waals surface area contributed by atoms with Crippen LogP contribution >= 0.6 is 11.6 Å². The third-order valence-corrected chi connectivity index (χ3v) is 5.34. The molecule has 2 atom stereocenters. The number of hydrogen-bond donors (Lipinski definition) is 2. The first-order valence-corrected chi connectivity index (χ1v) is 7.84. The summed E-state index contributed by atoms with van der Waals surface area (Å²) in [5.74, 6) is 1.91. The second-order valence-corrected chi connectivity index (χ2v) is 6.71. The zero-order valence-electron chi connectivity index (χ0n) is 11.3. The van der Waals surface area contributed by atoms with Gasteiger partial charge in [-0.05, 0) is 30.6 Å². The fraction of sp³-hybridized carbons (Fsp3) is 0.714. The molecule has 20 heavy (non-hydrogen) atoms. The Labute approximate surface area is 122 Å². The van der Waals surface area contributed by atoms with E-state index in [0.29, 0.717) is 34.5 Å². The molecule has 2 saturated carbocycles. The van der Waals surface area contributed by atoms with Crippen LogP contribution in [0.2, 0.25) is 5.02 Å². The Kier molecular flexibility index (Phi) is 3.00. The summed E-state index contributed by atoms with van der Waals surface area (Å²) in [5.41, 5.74) is 0.475. The number of aromatic nitrogens is 2. The number of piperidine rings is 1. The van der Waals surface area contributed by atoms with Gasteiger partial charge in [-0.1, -0.05) is 18.0 Å². The van der Waals surface area contributed by atoms with Crippen molar-refractivity contribution in [3.05, 3.63) is 21.6 Å². The van der Waals surface area contributed by atoms with Crippen LogP contribution in [0.25, 0.3) is 0 Å². The van der Waals surface area contributed by atoms with Crippen molar-refractivity contribution in [2.75, 3.05) is 18.4 Å². The standard InChI is InChI=1S/C14H19ClN4O/c15-11-6-17-19(7-8-2-1-3-8)14(20)13(11)18-12-9-4-16-5-10(9)12/h6,8-10,12,16,18H,1-5,7H2. The van der Waals surface area contributed by atoms with E-state index in [4.69, 9.17) is 11.6 Å². The quantitative estimate of drug-likeness (QED) is 0.879. The fourth-order valence-corrected chi connectivity index (χ4v) is 3.63. The van der Waals surface area contributed by atoms with E-state index in [1.54, 1.807) is 10.9 Å². The van der Waals surface area contributed by atoms with Gasteiger partial charge in [0, 0.05) is 25.7 Å². The van der Waals surface area contributed by atoms with Crippen molar-refractivity contribution in [2.45, 2.75) is 31.8 Å². The topological polar surface area (TPSA) is 59.0 Å². The van der Waals surface area contributed by atoms with Crippen LogP contribution in [0.1, 0.15) is 19.3 Å². The minimum Gasteiger partial charge on any atom is -0.376 e. The number of nitrogens with zero attached hydrogens (tertiary/aromatic N) is 2. The molecule has 2 N–H and O–H groups in total. The molecule has 4 rings (SSSR count). The van der Waals surface area contributed by atoms with Crippen LogP contribution in [0, 0.1) is 17.8 Å². The highest BCUT2D eigenvalue weighted by molar-refractivity contribution is 6.33. The lowest BCUT2D eigenvalue weighted by Gasteiger charge is -2.25. The van der Waals surface area contributed by atoms with Crippen LogP contribution in [0.5, 0.6) is 0 Å². The summed E-state index contributed by atoms with van der Waals surface area (Å²) in [6.07, 6.45) is 5.28. The molecule has 1 saturated heterocycles. The van der Waals surface area contributed by atoms with Crippen molar-refractivity contribution >= 4 is 17.3 Å². The Balaban J connectivity index is 1.54. The van der Waals surface area contributed by atoms with Gasteiger partial charge in [0.25, 0.3) is 5.56 Å². The van der Waals surface area contributed by atoms with Gasteiger partial charge in [-0.25, -0.2) is 4.68 Å². The maximum Gasteiger partial charge on any atom is 0.291 e. The first-order valence-electron chi connectivity index (χ1n) is 7.47. The van der Waals surface area contributed by atoms with Gasteiger partial charge in [0.05, 0.1) is 11.2 Å². The lowest BCUT2D eigenvalue weighted by molar-refractivity contribution is 0.262. The molecule has 0 spiro atoms. The SMILES string of the molecule is O=c1c(NC2C3CNCC32)c(Cl)cnn1CC1CCC1. The Morgan fingerprint density at radius 3 is 2.80 bits per heavy atom. The largest absolute Gasteiger partial charge is 0.376 e. The Morgan fingerprint density at radius 2 is 2.15 bits per heavy atom. The Bertz CT molecular complexity index is 573. The molecule has 2 heterocycles. The van der Waals surface area contributed by atoms with E-state index < -0.39 is 0 Å². The smallest absolute Gasteiger partial charge is 0.291 e. The predicted molar refractivity (Wildman–Crippen MR) is 78.1 cm³/mol. The van der Waals surface area contributed by atoms with Crippen molar-refractivity contribution in [3.8, 4) is 0 Å². The van der Waals surface area contributed by atoms with Crippen LogP contribution in [0.3, 0.4) is 0 Å². The van der Waals surface area contributed by atoms with Crippen molar-refractivity contribution in [1.29, 1.82) is 0 Å². The van der Waals surface area contributed by atoms with Crippen LogP contribution in [-0.2, 0) is 6.54 Å². The third kappa shape index (κ3) is 2.04. The number of fused-ring (bicyclic) bond motifs is 1. The molecular formula is C14H19ClN4O. The van der Waals surface area contributed by atoms with E-state index in [1.807, 2.05) is 0 Å². The van der Waals surface area contributed by atoms with Gasteiger partial charge in [0.15, 0.2) is 0 Å². The van der Waals surface area contributed by atoms with Gasteiger partial charge in [0.1, 0.15) is 5.69 Å². The third-order valence-electron chi connectivity index (χ3n) is 5.06. The normalized spacial score (nSPS) is 31.8. The van der Waals surface area contributed by atoms with E-state index in [9.17, 15) is 4.79 Å². The van der Waals surface area contributed by atoms with Gasteiger partial charge < -0.3 is 10.6 Å². The summed E-state index contributed by atoms with van der Waals surface area (Å²) < 4.78 is 1.58. The van der Waals surface area contributed by atoms with Crippen molar-refractivity contribution in [1.82, 2.24) is 15.1 Å². The van der Waals surface area contributed by atoms with E-state index >= 15 is 0 Å². The molecule has 108 valence electrons. The first-order chi connectivity index (χ1) is 9.74. The van der Waals surface area contributed by atoms with Gasteiger partial charge in [0.2, 0.25) is 0 Å². The summed E-state index contributed by atoms with van der Waals surface area (Å²) in [6, 6.07) is 0.404. The van der Waals surface area contributed by atoms with Gasteiger partial charge in [-0.15, -0.1) is 0 Å².